The number of rotatable bonds is 7. The zero-order valence-electron chi connectivity index (χ0n) is 13.6. The average Bonchev–Trinajstić information content (AvgIpc) is 2.52. The molecule has 1 atom stereocenters. The number of hydrogen-bond acceptors (Lipinski definition) is 4. The molecule has 0 N–H and O–H groups in total. The molecule has 1 aromatic carbocycles. The molecule has 0 aromatic heterocycles. The first-order valence-corrected chi connectivity index (χ1v) is 8.33. The van der Waals surface area contributed by atoms with Gasteiger partial charge in [0, 0.05) is 18.2 Å². The second-order valence-corrected chi connectivity index (χ2v) is 6.89. The Bertz CT molecular complexity index is 691. The normalized spacial score (nSPS) is 15.7. The van der Waals surface area contributed by atoms with Crippen LogP contribution in [0.3, 0.4) is 0 Å². The van der Waals surface area contributed by atoms with Crippen LogP contribution in [0, 0.1) is 0 Å². The van der Waals surface area contributed by atoms with Gasteiger partial charge in [-0.25, -0.2) is 0 Å². The van der Waals surface area contributed by atoms with Crippen molar-refractivity contribution in [2.24, 2.45) is 0 Å². The molecule has 29 heavy (non-hydrogen) atoms. The van der Waals surface area contributed by atoms with E-state index in [2.05, 4.69) is 21.7 Å². The predicted octanol–water partition coefficient (Wildman–Crippen LogP) is 6.26. The van der Waals surface area contributed by atoms with Crippen LogP contribution in [-0.2, 0) is 15.9 Å². The number of benzene rings is 1. The molecule has 15 heteroatoms. The van der Waals surface area contributed by atoms with E-state index in [-0.39, 0.29) is 6.42 Å². The third-order valence-electron chi connectivity index (χ3n) is 2.99. The molecule has 2 nitrogen and oxygen atoms in total. The van der Waals surface area contributed by atoms with Gasteiger partial charge in [-0.3, -0.25) is 4.74 Å². The first-order chi connectivity index (χ1) is 12.9. The summed E-state index contributed by atoms with van der Waals surface area (Å²) >= 11 is 2.77. The summed E-state index contributed by atoms with van der Waals surface area (Å²) in [7, 11) is 0. The van der Waals surface area contributed by atoms with Crippen molar-refractivity contribution in [3.63, 3.8) is 0 Å². The van der Waals surface area contributed by atoms with Crippen molar-refractivity contribution in [1.29, 1.82) is 0 Å². The lowest BCUT2D eigenvalue weighted by molar-refractivity contribution is -0.464. The van der Waals surface area contributed by atoms with Gasteiger partial charge in [-0.1, -0.05) is 30.3 Å². The van der Waals surface area contributed by atoms with E-state index in [4.69, 9.17) is 0 Å². The molecule has 0 aliphatic carbocycles. The molecule has 0 saturated carbocycles. The molecule has 1 unspecified atom stereocenters. The maximum Gasteiger partial charge on any atom is 0.462 e. The molecule has 0 saturated heterocycles. The SMILES string of the molecule is FC(F)(F)C(F)(OC(F)(F)C(F)(F)C(F)(F)F)SC(=S)OCCc1ccccc1. The second-order valence-electron chi connectivity index (χ2n) is 5.16. The first-order valence-electron chi connectivity index (χ1n) is 7.11. The lowest BCUT2D eigenvalue weighted by Gasteiger charge is -2.34. The van der Waals surface area contributed by atoms with Crippen LogP contribution < -0.4 is 0 Å². The van der Waals surface area contributed by atoms with Gasteiger partial charge in [-0.05, 0) is 17.8 Å². The van der Waals surface area contributed by atoms with Gasteiger partial charge in [0.15, 0.2) is 0 Å². The molecular formula is C14H9F11O2S2. The second kappa shape index (κ2) is 8.79. The van der Waals surface area contributed by atoms with E-state index in [9.17, 15) is 48.3 Å². The van der Waals surface area contributed by atoms with Crippen LogP contribution in [0.4, 0.5) is 48.3 Å². The van der Waals surface area contributed by atoms with Crippen LogP contribution in [0.25, 0.3) is 0 Å². The smallest absolute Gasteiger partial charge is 0.462 e. The van der Waals surface area contributed by atoms with Crippen LogP contribution >= 0.6 is 24.0 Å². The van der Waals surface area contributed by atoms with Gasteiger partial charge < -0.3 is 4.74 Å². The summed E-state index contributed by atoms with van der Waals surface area (Å²) in [5.41, 5.74) is 0.593. The first kappa shape index (κ1) is 25.7. The number of alkyl halides is 11. The number of halogens is 11. The predicted molar refractivity (Wildman–Crippen MR) is 83.2 cm³/mol. The minimum Gasteiger partial charge on any atom is -0.478 e. The molecule has 166 valence electrons. The molecule has 1 aromatic rings. The van der Waals surface area contributed by atoms with E-state index >= 15 is 0 Å². The van der Waals surface area contributed by atoms with Gasteiger partial charge in [0.2, 0.25) is 4.38 Å². The van der Waals surface area contributed by atoms with E-state index < -0.39 is 52.3 Å². The largest absolute Gasteiger partial charge is 0.478 e. The Balaban J connectivity index is 2.91. The highest BCUT2D eigenvalue weighted by atomic mass is 32.2. The number of hydrogen-bond donors (Lipinski definition) is 0. The van der Waals surface area contributed by atoms with Crippen LogP contribution in [0.15, 0.2) is 30.3 Å². The van der Waals surface area contributed by atoms with Gasteiger partial charge in [0.1, 0.15) is 0 Å². The van der Waals surface area contributed by atoms with Crippen molar-refractivity contribution in [3.8, 4) is 0 Å². The summed E-state index contributed by atoms with van der Waals surface area (Å²) in [6.07, 6.45) is -20.4. The zero-order valence-corrected chi connectivity index (χ0v) is 15.2. The third kappa shape index (κ3) is 6.31. The maximum absolute atomic E-state index is 14.0. The lowest BCUT2D eigenvalue weighted by Crippen LogP contribution is -2.58. The van der Waals surface area contributed by atoms with Crippen molar-refractivity contribution >= 4 is 28.4 Å². The summed E-state index contributed by atoms with van der Waals surface area (Å²) in [5, 5.41) is -5.75. The van der Waals surface area contributed by atoms with E-state index in [0.29, 0.717) is 5.56 Å². The lowest BCUT2D eigenvalue weighted by atomic mass is 10.2. The van der Waals surface area contributed by atoms with Crippen molar-refractivity contribution in [3.05, 3.63) is 35.9 Å². The fourth-order valence-electron chi connectivity index (χ4n) is 1.56. The van der Waals surface area contributed by atoms with Crippen LogP contribution in [-0.4, -0.2) is 40.6 Å². The molecule has 0 spiro atoms. The van der Waals surface area contributed by atoms with Crippen LogP contribution in [0.1, 0.15) is 5.56 Å². The van der Waals surface area contributed by atoms with Crippen molar-refractivity contribution < 1.29 is 57.8 Å². The highest BCUT2D eigenvalue weighted by Gasteiger charge is 2.78. The monoisotopic (exact) mass is 482 g/mol. The van der Waals surface area contributed by atoms with Crippen LogP contribution in [0.2, 0.25) is 0 Å². The Labute approximate surface area is 165 Å². The van der Waals surface area contributed by atoms with Crippen molar-refractivity contribution in [2.45, 2.75) is 36.0 Å². The standard InChI is InChI=1S/C14H9F11O2S2/c15-10(16,11(17,18)19)13(23,24)27-14(25,12(20,21)22)29-9(28)26-7-6-8-4-2-1-3-5-8/h1-5H,6-7H2. The minimum atomic E-state index is -7.13. The molecule has 0 fully saturated rings. The summed E-state index contributed by atoms with van der Waals surface area (Å²) in [6.45, 7) is -0.473. The number of thiocarbonyl (C=S) groups is 1. The average molecular weight is 482 g/mol. The van der Waals surface area contributed by atoms with Crippen LogP contribution in [0.5, 0.6) is 0 Å². The molecule has 1 rings (SSSR count). The third-order valence-corrected chi connectivity index (χ3v) is 4.22. The Morgan fingerprint density at radius 3 is 1.79 bits per heavy atom. The molecule has 0 amide bonds. The molecule has 0 radical (unpaired) electrons. The van der Waals surface area contributed by atoms with Crippen molar-refractivity contribution in [1.82, 2.24) is 0 Å². The number of ether oxygens (including phenoxy) is 2. The highest BCUT2D eigenvalue weighted by Crippen LogP contribution is 2.54. The Morgan fingerprint density at radius 1 is 0.828 bits per heavy atom. The zero-order chi connectivity index (χ0) is 22.7. The van der Waals surface area contributed by atoms with E-state index in [1.165, 1.54) is 0 Å². The molecule has 0 aliphatic rings. The van der Waals surface area contributed by atoms with Gasteiger partial charge in [-0.2, -0.15) is 48.3 Å². The minimum absolute atomic E-state index is 0.0238. The fraction of sp³-hybridized carbons (Fsp3) is 0.500. The van der Waals surface area contributed by atoms with E-state index in [1.807, 2.05) is 0 Å². The topological polar surface area (TPSA) is 18.5 Å². The van der Waals surface area contributed by atoms with E-state index in [1.54, 1.807) is 30.3 Å². The molecular weight excluding hydrogens is 473 g/mol. The molecule has 0 heterocycles. The Kier molecular flexibility index (Phi) is 7.79. The summed E-state index contributed by atoms with van der Waals surface area (Å²) in [6, 6.07) is 7.96. The summed E-state index contributed by atoms with van der Waals surface area (Å²) in [4.78, 5) is 0. The van der Waals surface area contributed by atoms with E-state index in [0.717, 1.165) is 0 Å². The Hall–Kier alpha value is -1.35. The summed E-state index contributed by atoms with van der Waals surface area (Å²) < 4.78 is 146. The molecule has 0 bridgehead atoms. The van der Waals surface area contributed by atoms with Gasteiger partial charge in [0.25, 0.3) is 0 Å². The van der Waals surface area contributed by atoms with Crippen molar-refractivity contribution in [2.75, 3.05) is 6.61 Å². The number of thioether (sulfide) groups is 1. The summed E-state index contributed by atoms with van der Waals surface area (Å²) in [5.74, 6) is -7.13. The van der Waals surface area contributed by atoms with Gasteiger partial charge in [-0.15, -0.1) is 0 Å². The molecule has 0 aliphatic heterocycles. The fourth-order valence-corrected chi connectivity index (χ4v) is 2.59. The maximum atomic E-state index is 14.0. The highest BCUT2D eigenvalue weighted by molar-refractivity contribution is 8.23. The van der Waals surface area contributed by atoms with Gasteiger partial charge >= 0.3 is 29.6 Å². The Morgan fingerprint density at radius 2 is 1.34 bits per heavy atom. The van der Waals surface area contributed by atoms with Gasteiger partial charge in [0.05, 0.1) is 6.61 Å². The quantitative estimate of drug-likeness (QED) is 0.260.